The predicted molar refractivity (Wildman–Crippen MR) is 148 cm³/mol. The van der Waals surface area contributed by atoms with Gasteiger partial charge in [0.1, 0.15) is 4.90 Å². The zero-order valence-corrected chi connectivity index (χ0v) is 23.3. The Bertz CT molecular complexity index is 757. The van der Waals surface area contributed by atoms with Crippen molar-refractivity contribution >= 4 is 15.9 Å². The van der Waals surface area contributed by atoms with Crippen molar-refractivity contribution in [2.24, 2.45) is 0 Å². The lowest BCUT2D eigenvalue weighted by atomic mass is 10.0. The summed E-state index contributed by atoms with van der Waals surface area (Å²) in [6, 6.07) is 5.89. The summed E-state index contributed by atoms with van der Waals surface area (Å²) >= 11 is 0. The van der Waals surface area contributed by atoms with Crippen LogP contribution in [0.4, 0.5) is 0 Å². The number of carbonyl (C=O) groups is 1. The summed E-state index contributed by atoms with van der Waals surface area (Å²) < 4.78 is 32.1. The third kappa shape index (κ3) is 17.0. The summed E-state index contributed by atoms with van der Waals surface area (Å²) in [5.41, 5.74) is 0.100. The molecule has 0 unspecified atom stereocenters. The molecule has 0 aromatic heterocycles. The molecule has 1 rings (SSSR count). The zero-order chi connectivity index (χ0) is 25.6. The first-order valence-electron chi connectivity index (χ1n) is 14.6. The number of rotatable bonds is 24. The molecule has 202 valence electrons. The van der Waals surface area contributed by atoms with Gasteiger partial charge in [0.05, 0.1) is 0 Å². The van der Waals surface area contributed by atoms with Crippen molar-refractivity contribution in [2.75, 3.05) is 0 Å². The molecular weight excluding hydrogens is 456 g/mol. The average molecular weight is 509 g/mol. The van der Waals surface area contributed by atoms with Crippen LogP contribution in [-0.2, 0) is 10.1 Å². The summed E-state index contributed by atoms with van der Waals surface area (Å²) in [4.78, 5) is 12.1. The molecule has 0 saturated carbocycles. The smallest absolute Gasteiger partial charge is 0.294 e. The maximum Gasteiger partial charge on any atom is 0.295 e. The van der Waals surface area contributed by atoms with Crippen molar-refractivity contribution in [2.45, 2.75) is 153 Å². The van der Waals surface area contributed by atoms with Gasteiger partial charge < -0.3 is 0 Å². The van der Waals surface area contributed by atoms with E-state index in [4.69, 9.17) is 0 Å². The SMILES string of the molecule is CCCCCCCCCCCCCCCCCCCCCCCC(=O)c1ccccc1S(=O)(=O)O. The zero-order valence-electron chi connectivity index (χ0n) is 22.4. The minimum atomic E-state index is -4.36. The Kier molecular flexibility index (Phi) is 19.0. The fraction of sp³-hybridized carbons (Fsp3) is 0.767. The molecule has 1 aromatic rings. The Morgan fingerprint density at radius 3 is 1.31 bits per heavy atom. The Labute approximate surface area is 216 Å². The first-order valence-corrected chi connectivity index (χ1v) is 16.0. The molecule has 0 heterocycles. The highest BCUT2D eigenvalue weighted by molar-refractivity contribution is 7.86. The minimum Gasteiger partial charge on any atom is -0.294 e. The van der Waals surface area contributed by atoms with Gasteiger partial charge in [0.2, 0.25) is 0 Å². The maximum absolute atomic E-state index is 12.3. The fourth-order valence-electron chi connectivity index (χ4n) is 4.77. The van der Waals surface area contributed by atoms with Crippen LogP contribution in [0, 0.1) is 0 Å². The predicted octanol–water partition coefficient (Wildman–Crippen LogP) is 9.72. The van der Waals surface area contributed by atoms with Gasteiger partial charge in [0.15, 0.2) is 5.78 Å². The molecule has 1 N–H and O–H groups in total. The van der Waals surface area contributed by atoms with Crippen LogP contribution in [0.1, 0.15) is 159 Å². The highest BCUT2D eigenvalue weighted by Crippen LogP contribution is 2.19. The van der Waals surface area contributed by atoms with E-state index < -0.39 is 10.1 Å². The fourth-order valence-corrected chi connectivity index (χ4v) is 5.48. The van der Waals surface area contributed by atoms with Crippen LogP contribution in [0.15, 0.2) is 29.2 Å². The highest BCUT2D eigenvalue weighted by Gasteiger charge is 2.19. The summed E-state index contributed by atoms with van der Waals surface area (Å²) in [7, 11) is -4.36. The van der Waals surface area contributed by atoms with E-state index in [1.807, 2.05) is 0 Å². The van der Waals surface area contributed by atoms with Crippen LogP contribution < -0.4 is 0 Å². The normalized spacial score (nSPS) is 11.7. The minimum absolute atomic E-state index is 0.100. The topological polar surface area (TPSA) is 71.4 Å². The second-order valence-electron chi connectivity index (χ2n) is 10.2. The van der Waals surface area contributed by atoms with Crippen molar-refractivity contribution in [3.8, 4) is 0 Å². The third-order valence-electron chi connectivity index (χ3n) is 6.97. The summed E-state index contributed by atoms with van der Waals surface area (Å²) in [6.07, 6.45) is 28.0. The molecule has 35 heavy (non-hydrogen) atoms. The van der Waals surface area contributed by atoms with Gasteiger partial charge in [-0.1, -0.05) is 154 Å². The molecule has 0 amide bonds. The molecule has 0 saturated heterocycles. The quantitative estimate of drug-likeness (QED) is 0.0856. The molecule has 0 atom stereocenters. The summed E-state index contributed by atoms with van der Waals surface area (Å²) in [5, 5.41) is 0. The molecule has 5 heteroatoms. The van der Waals surface area contributed by atoms with E-state index in [1.54, 1.807) is 6.07 Å². The largest absolute Gasteiger partial charge is 0.295 e. The lowest BCUT2D eigenvalue weighted by molar-refractivity contribution is 0.0975. The van der Waals surface area contributed by atoms with Gasteiger partial charge in [0.25, 0.3) is 10.1 Å². The Balaban J connectivity index is 1.86. The second-order valence-corrected chi connectivity index (χ2v) is 11.6. The van der Waals surface area contributed by atoms with Crippen molar-refractivity contribution in [1.82, 2.24) is 0 Å². The van der Waals surface area contributed by atoms with E-state index in [2.05, 4.69) is 6.92 Å². The van der Waals surface area contributed by atoms with Crippen molar-refractivity contribution in [1.29, 1.82) is 0 Å². The van der Waals surface area contributed by atoms with Crippen molar-refractivity contribution in [3.63, 3.8) is 0 Å². The van der Waals surface area contributed by atoms with Crippen molar-refractivity contribution < 1.29 is 17.8 Å². The van der Waals surface area contributed by atoms with Gasteiger partial charge in [-0.2, -0.15) is 8.42 Å². The number of hydrogen-bond donors (Lipinski definition) is 1. The number of ketones is 1. The van der Waals surface area contributed by atoms with E-state index in [9.17, 15) is 17.8 Å². The van der Waals surface area contributed by atoms with Gasteiger partial charge in [0, 0.05) is 12.0 Å². The Hall–Kier alpha value is -1.20. The average Bonchev–Trinajstić information content (AvgIpc) is 2.84. The second kappa shape index (κ2) is 20.9. The Morgan fingerprint density at radius 2 is 0.943 bits per heavy atom. The van der Waals surface area contributed by atoms with Crippen LogP contribution >= 0.6 is 0 Å². The number of unbranched alkanes of at least 4 members (excludes halogenated alkanes) is 20. The molecule has 0 radical (unpaired) electrons. The van der Waals surface area contributed by atoms with Crippen LogP contribution in [-0.4, -0.2) is 18.8 Å². The van der Waals surface area contributed by atoms with Gasteiger partial charge in [-0.15, -0.1) is 0 Å². The highest BCUT2D eigenvalue weighted by atomic mass is 32.2. The molecular formula is C30H52O4S. The molecule has 0 bridgehead atoms. The molecule has 0 aliphatic heterocycles. The maximum atomic E-state index is 12.3. The van der Waals surface area contributed by atoms with Gasteiger partial charge >= 0.3 is 0 Å². The first-order chi connectivity index (χ1) is 17.0. The molecule has 1 aromatic carbocycles. The standard InChI is InChI=1S/C30H52O4S/c1-2-3-4-5-6-7-8-9-10-11-12-13-14-15-16-17-18-19-20-21-22-26-29(31)28-25-23-24-27-30(28)35(32,33)34/h23-25,27H,2-22,26H2,1H3,(H,32,33,34). The van der Waals surface area contributed by atoms with Gasteiger partial charge in [-0.05, 0) is 12.5 Å². The number of hydrogen-bond acceptors (Lipinski definition) is 3. The lowest BCUT2D eigenvalue weighted by Gasteiger charge is -2.06. The number of carbonyl (C=O) groups excluding carboxylic acids is 1. The lowest BCUT2D eigenvalue weighted by Crippen LogP contribution is -2.08. The van der Waals surface area contributed by atoms with Gasteiger partial charge in [-0.3, -0.25) is 9.35 Å². The van der Waals surface area contributed by atoms with Crippen LogP contribution in [0.2, 0.25) is 0 Å². The monoisotopic (exact) mass is 508 g/mol. The molecule has 0 spiro atoms. The third-order valence-corrected chi connectivity index (χ3v) is 7.88. The van der Waals surface area contributed by atoms with E-state index in [1.165, 1.54) is 134 Å². The van der Waals surface area contributed by atoms with E-state index >= 15 is 0 Å². The van der Waals surface area contributed by atoms with Gasteiger partial charge in [-0.25, -0.2) is 0 Å². The molecule has 0 fully saturated rings. The van der Waals surface area contributed by atoms with E-state index in [0.29, 0.717) is 6.42 Å². The number of benzene rings is 1. The first kappa shape index (κ1) is 31.8. The molecule has 4 nitrogen and oxygen atoms in total. The molecule has 0 aliphatic carbocycles. The summed E-state index contributed by atoms with van der Waals surface area (Å²) in [6.45, 7) is 2.28. The van der Waals surface area contributed by atoms with Crippen LogP contribution in [0.3, 0.4) is 0 Å². The summed E-state index contributed by atoms with van der Waals surface area (Å²) in [5.74, 6) is -0.212. The molecule has 0 aliphatic rings. The Morgan fingerprint density at radius 1 is 0.600 bits per heavy atom. The van der Waals surface area contributed by atoms with Crippen molar-refractivity contribution in [3.05, 3.63) is 29.8 Å². The van der Waals surface area contributed by atoms with Crippen LogP contribution in [0.25, 0.3) is 0 Å². The van der Waals surface area contributed by atoms with E-state index in [-0.39, 0.29) is 16.2 Å². The van der Waals surface area contributed by atoms with Crippen LogP contribution in [0.5, 0.6) is 0 Å². The number of Topliss-reactive ketones (excluding diaryl/α,β-unsaturated/α-hetero) is 1. The van der Waals surface area contributed by atoms with E-state index in [0.717, 1.165) is 19.3 Å².